The highest BCUT2D eigenvalue weighted by Crippen LogP contribution is 2.40. The van der Waals surface area contributed by atoms with E-state index in [1.807, 2.05) is 59.4 Å². The minimum Gasteiger partial charge on any atom is -0.453 e. The summed E-state index contributed by atoms with van der Waals surface area (Å²) in [5.41, 5.74) is 0.803. The summed E-state index contributed by atoms with van der Waals surface area (Å²) in [6.07, 6.45) is 1.10. The lowest BCUT2D eigenvalue weighted by atomic mass is 9.80. The number of benzene rings is 1. The van der Waals surface area contributed by atoms with Gasteiger partial charge < -0.3 is 29.5 Å². The van der Waals surface area contributed by atoms with Crippen molar-refractivity contribution in [1.82, 2.24) is 15.1 Å². The smallest absolute Gasteiger partial charge is 0.410 e. The predicted octanol–water partition coefficient (Wildman–Crippen LogP) is 4.97. The lowest BCUT2D eigenvalue weighted by Gasteiger charge is -2.42. The zero-order valence-electron chi connectivity index (χ0n) is 24.9. The number of amides is 4. The van der Waals surface area contributed by atoms with Crippen LogP contribution >= 0.6 is 15.9 Å². The molecule has 0 radical (unpaired) electrons. The fourth-order valence-corrected chi connectivity index (χ4v) is 5.95. The number of anilines is 1. The molecule has 1 atom stereocenters. The molecule has 0 bridgehead atoms. The summed E-state index contributed by atoms with van der Waals surface area (Å²) in [6, 6.07) is 3.39. The second-order valence-electron chi connectivity index (χ2n) is 12.4. The minimum atomic E-state index is -0.638. The van der Waals surface area contributed by atoms with Crippen LogP contribution in [0.4, 0.5) is 15.3 Å². The van der Waals surface area contributed by atoms with Crippen molar-refractivity contribution in [2.45, 2.75) is 85.4 Å². The van der Waals surface area contributed by atoms with E-state index >= 15 is 0 Å². The summed E-state index contributed by atoms with van der Waals surface area (Å²) >= 11 is 3.63. The molecule has 222 valence electrons. The van der Waals surface area contributed by atoms with Crippen molar-refractivity contribution in [1.29, 1.82) is 0 Å². The number of carbonyl (C=O) groups is 4. The molecule has 0 saturated carbocycles. The molecule has 2 aliphatic heterocycles. The Hall–Kier alpha value is -2.82. The minimum absolute atomic E-state index is 0.0756. The molecule has 0 aromatic heterocycles. The van der Waals surface area contributed by atoms with Gasteiger partial charge in [0, 0.05) is 47.8 Å². The largest absolute Gasteiger partial charge is 0.453 e. The van der Waals surface area contributed by atoms with Gasteiger partial charge in [0.25, 0.3) is 5.91 Å². The fourth-order valence-electron chi connectivity index (χ4n) is 5.39. The number of nitrogens with zero attached hydrogens (tertiary/aromatic N) is 3. The van der Waals surface area contributed by atoms with Gasteiger partial charge >= 0.3 is 12.2 Å². The van der Waals surface area contributed by atoms with Gasteiger partial charge in [-0.05, 0) is 87.5 Å². The lowest BCUT2D eigenvalue weighted by Crippen LogP contribution is -2.54. The van der Waals surface area contributed by atoms with Gasteiger partial charge in [-0.15, -0.1) is 0 Å². The Morgan fingerprint density at radius 2 is 1.90 bits per heavy atom. The molecule has 1 aromatic carbocycles. The third-order valence-corrected chi connectivity index (χ3v) is 7.82. The number of carbonyl (C=O) groups excluding carboxylic acids is 4. The van der Waals surface area contributed by atoms with Crippen LogP contribution < -0.4 is 10.2 Å². The van der Waals surface area contributed by atoms with Crippen molar-refractivity contribution >= 4 is 45.6 Å². The van der Waals surface area contributed by atoms with Crippen LogP contribution in [0.2, 0.25) is 0 Å². The van der Waals surface area contributed by atoms with Crippen LogP contribution in [-0.2, 0) is 20.7 Å². The third-order valence-electron chi connectivity index (χ3n) is 7.17. The number of methoxy groups -OCH3 is 1. The summed E-state index contributed by atoms with van der Waals surface area (Å²) in [7, 11) is 1.29. The molecule has 4 amide bonds. The third kappa shape index (κ3) is 7.27. The highest BCUT2D eigenvalue weighted by molar-refractivity contribution is 9.10. The molecular weight excluding hydrogens is 580 g/mol. The standard InChI is InChI=1S/C29H43BrN4O6/c1-18(2)34(20-10-9-12-32(17-20)27(38)40-28(3,4)5)24(35)21-15-23-19(14-22(21)30)16-29(6,7)25(36)33(23)13-11-31-26(37)39-8/h14-15,18,20H,9-13,16-17H2,1-8H3,(H,31,37)/t20-/m1/s1. The number of nitrogens with one attached hydrogen (secondary N) is 1. The maximum atomic E-state index is 14.1. The van der Waals surface area contributed by atoms with Crippen molar-refractivity contribution < 1.29 is 28.7 Å². The number of rotatable bonds is 6. The van der Waals surface area contributed by atoms with Crippen LogP contribution in [0.15, 0.2) is 16.6 Å². The first-order valence-corrected chi connectivity index (χ1v) is 14.6. The van der Waals surface area contributed by atoms with Gasteiger partial charge in [0.2, 0.25) is 5.91 Å². The Morgan fingerprint density at radius 3 is 2.50 bits per heavy atom. The molecule has 0 spiro atoms. The number of hydrogen-bond acceptors (Lipinski definition) is 6. The lowest BCUT2D eigenvalue weighted by molar-refractivity contribution is -0.127. The van der Waals surface area contributed by atoms with Crippen molar-refractivity contribution in [3.05, 3.63) is 27.7 Å². The number of hydrogen-bond donors (Lipinski definition) is 1. The van der Waals surface area contributed by atoms with Gasteiger partial charge in [-0.1, -0.05) is 13.8 Å². The van der Waals surface area contributed by atoms with Gasteiger partial charge in [-0.2, -0.15) is 0 Å². The number of likely N-dealkylation sites (tertiary alicyclic amines) is 1. The van der Waals surface area contributed by atoms with Crippen LogP contribution in [0.3, 0.4) is 0 Å². The van der Waals surface area contributed by atoms with E-state index in [2.05, 4.69) is 26.0 Å². The Labute approximate surface area is 245 Å². The summed E-state index contributed by atoms with van der Waals surface area (Å²) in [6.45, 7) is 14.6. The maximum absolute atomic E-state index is 14.1. The Morgan fingerprint density at radius 1 is 1.23 bits per heavy atom. The van der Waals surface area contributed by atoms with E-state index < -0.39 is 17.1 Å². The van der Waals surface area contributed by atoms with Gasteiger partial charge in [0.05, 0.1) is 18.7 Å². The quantitative estimate of drug-likeness (QED) is 0.480. The number of halogens is 1. The number of ether oxygens (including phenoxy) is 2. The molecule has 11 heteroatoms. The molecule has 0 unspecified atom stereocenters. The number of fused-ring (bicyclic) bond motifs is 1. The molecular formula is C29H43BrN4O6. The van der Waals surface area contributed by atoms with E-state index in [1.165, 1.54) is 7.11 Å². The molecule has 1 fully saturated rings. The summed E-state index contributed by atoms with van der Waals surface area (Å²) in [5, 5.41) is 2.63. The predicted molar refractivity (Wildman–Crippen MR) is 157 cm³/mol. The average Bonchev–Trinajstić information content (AvgIpc) is 2.84. The molecule has 3 rings (SSSR count). The highest BCUT2D eigenvalue weighted by Gasteiger charge is 2.40. The van der Waals surface area contributed by atoms with E-state index in [1.54, 1.807) is 15.9 Å². The van der Waals surface area contributed by atoms with E-state index in [0.29, 0.717) is 35.2 Å². The Balaban J connectivity index is 1.92. The van der Waals surface area contributed by atoms with Crippen LogP contribution in [0.25, 0.3) is 0 Å². The summed E-state index contributed by atoms with van der Waals surface area (Å²) in [4.78, 5) is 57.1. The molecule has 1 saturated heterocycles. The number of alkyl carbamates (subject to hydrolysis) is 1. The van der Waals surface area contributed by atoms with E-state index in [4.69, 9.17) is 4.74 Å². The van der Waals surface area contributed by atoms with Gasteiger partial charge in [0.15, 0.2) is 0 Å². The van der Waals surface area contributed by atoms with Crippen molar-refractivity contribution in [3.8, 4) is 0 Å². The van der Waals surface area contributed by atoms with Gasteiger partial charge in [-0.25, -0.2) is 9.59 Å². The summed E-state index contributed by atoms with van der Waals surface area (Å²) in [5.74, 6) is -0.251. The van der Waals surface area contributed by atoms with Crippen LogP contribution in [0, 0.1) is 5.41 Å². The Kier molecular flexibility index (Phi) is 9.80. The SMILES string of the molecule is COC(=O)NCCN1C(=O)C(C)(C)Cc2cc(Br)c(C(=O)N(C(C)C)[C@@H]3CCCN(C(=O)OC(C)(C)C)C3)cc21. The first-order chi connectivity index (χ1) is 18.6. The molecule has 40 heavy (non-hydrogen) atoms. The van der Waals surface area contributed by atoms with Crippen molar-refractivity contribution in [2.24, 2.45) is 5.41 Å². The number of piperidine rings is 1. The monoisotopic (exact) mass is 622 g/mol. The normalized spacial score (nSPS) is 18.8. The zero-order chi connectivity index (χ0) is 30.0. The van der Waals surface area contributed by atoms with E-state index in [0.717, 1.165) is 18.4 Å². The molecule has 2 heterocycles. The van der Waals surface area contributed by atoms with Gasteiger partial charge in [0.1, 0.15) is 5.60 Å². The second-order valence-corrected chi connectivity index (χ2v) is 13.3. The average molecular weight is 624 g/mol. The molecule has 1 aromatic rings. The maximum Gasteiger partial charge on any atom is 0.410 e. The molecule has 0 aliphatic carbocycles. The molecule has 1 N–H and O–H groups in total. The topological polar surface area (TPSA) is 108 Å². The fraction of sp³-hybridized carbons (Fsp3) is 0.655. The summed E-state index contributed by atoms with van der Waals surface area (Å²) < 4.78 is 10.9. The molecule has 10 nitrogen and oxygen atoms in total. The van der Waals surface area contributed by atoms with Crippen LogP contribution in [-0.4, -0.2) is 84.8 Å². The van der Waals surface area contributed by atoms with E-state index in [-0.39, 0.29) is 43.1 Å². The van der Waals surface area contributed by atoms with Crippen LogP contribution in [0.5, 0.6) is 0 Å². The van der Waals surface area contributed by atoms with Crippen molar-refractivity contribution in [3.63, 3.8) is 0 Å². The first kappa shape index (κ1) is 31.7. The Bertz CT molecular complexity index is 1150. The van der Waals surface area contributed by atoms with E-state index in [9.17, 15) is 19.2 Å². The van der Waals surface area contributed by atoms with Gasteiger partial charge in [-0.3, -0.25) is 9.59 Å². The second kappa shape index (κ2) is 12.4. The zero-order valence-corrected chi connectivity index (χ0v) is 26.5. The van der Waals surface area contributed by atoms with Crippen LogP contribution in [0.1, 0.15) is 77.2 Å². The molecule has 2 aliphatic rings. The van der Waals surface area contributed by atoms with Crippen molar-refractivity contribution in [2.75, 3.05) is 38.2 Å². The first-order valence-electron chi connectivity index (χ1n) is 13.8. The highest BCUT2D eigenvalue weighted by atomic mass is 79.9.